The summed E-state index contributed by atoms with van der Waals surface area (Å²) in [5, 5.41) is 7.05. The van der Waals surface area contributed by atoms with Crippen LogP contribution < -0.4 is 10.6 Å². The Kier molecular flexibility index (Phi) is 10.8. The van der Waals surface area contributed by atoms with Gasteiger partial charge in [-0.2, -0.15) is 0 Å². The minimum Gasteiger partial charge on any atom is -0.356 e. The number of halogens is 3. The third-order valence-corrected chi connectivity index (χ3v) is 3.97. The van der Waals surface area contributed by atoms with Gasteiger partial charge in [-0.3, -0.25) is 4.99 Å². The summed E-state index contributed by atoms with van der Waals surface area (Å²) in [4.78, 5) is 6.38. The maximum Gasteiger partial charge on any atom is 0.191 e. The minimum absolute atomic E-state index is 0. The molecule has 0 saturated heterocycles. The molecule has 0 heterocycles. The second-order valence-electron chi connectivity index (χ2n) is 6.52. The van der Waals surface area contributed by atoms with E-state index < -0.39 is 0 Å². The Hall–Kier alpha value is -0.600. The maximum absolute atomic E-state index is 13.2. The van der Waals surface area contributed by atoms with Crippen molar-refractivity contribution in [3.63, 3.8) is 0 Å². The molecule has 0 aliphatic heterocycles. The first-order valence-corrected chi connectivity index (χ1v) is 8.19. The van der Waals surface area contributed by atoms with Crippen LogP contribution in [-0.4, -0.2) is 51.6 Å². The van der Waals surface area contributed by atoms with E-state index in [0.717, 1.165) is 31.0 Å². The summed E-state index contributed by atoms with van der Waals surface area (Å²) < 4.78 is 13.2. The smallest absolute Gasteiger partial charge is 0.191 e. The lowest BCUT2D eigenvalue weighted by Gasteiger charge is -2.27. The molecule has 1 aromatic rings. The molecular formula is C17H29ClFIN4. The molecule has 0 aliphatic rings. The van der Waals surface area contributed by atoms with Gasteiger partial charge in [-0.05, 0) is 44.8 Å². The number of rotatable bonds is 7. The van der Waals surface area contributed by atoms with E-state index in [-0.39, 0.29) is 35.2 Å². The third kappa shape index (κ3) is 7.98. The van der Waals surface area contributed by atoms with E-state index in [1.54, 1.807) is 13.1 Å². The fourth-order valence-corrected chi connectivity index (χ4v) is 2.68. The first-order valence-electron chi connectivity index (χ1n) is 7.81. The molecule has 0 amide bonds. The first-order chi connectivity index (χ1) is 10.8. The molecule has 7 heteroatoms. The Morgan fingerprint density at radius 1 is 1.29 bits per heavy atom. The van der Waals surface area contributed by atoms with Crippen LogP contribution in [0, 0.1) is 5.82 Å². The van der Waals surface area contributed by atoms with Gasteiger partial charge in [-0.1, -0.05) is 31.5 Å². The molecule has 138 valence electrons. The van der Waals surface area contributed by atoms with Gasteiger partial charge >= 0.3 is 0 Å². The number of benzene rings is 1. The van der Waals surface area contributed by atoms with Crippen molar-refractivity contribution in [1.82, 2.24) is 15.5 Å². The van der Waals surface area contributed by atoms with Crippen LogP contribution in [0.2, 0.25) is 5.02 Å². The summed E-state index contributed by atoms with van der Waals surface area (Å²) in [5.74, 6) is 0.441. The molecule has 4 nitrogen and oxygen atoms in total. The summed E-state index contributed by atoms with van der Waals surface area (Å²) in [5.41, 5.74) is 0.669. The quantitative estimate of drug-likeness (QED) is 0.277. The van der Waals surface area contributed by atoms with Gasteiger partial charge in [0.2, 0.25) is 0 Å². The van der Waals surface area contributed by atoms with Crippen LogP contribution in [0.1, 0.15) is 25.8 Å². The van der Waals surface area contributed by atoms with Crippen molar-refractivity contribution in [3.8, 4) is 0 Å². The van der Waals surface area contributed by atoms with Crippen LogP contribution in [0.15, 0.2) is 23.2 Å². The lowest BCUT2D eigenvalue weighted by Crippen LogP contribution is -2.44. The highest BCUT2D eigenvalue weighted by molar-refractivity contribution is 14.0. The molecule has 0 aliphatic carbocycles. The van der Waals surface area contributed by atoms with E-state index >= 15 is 0 Å². The van der Waals surface area contributed by atoms with Gasteiger partial charge in [-0.25, -0.2) is 4.39 Å². The van der Waals surface area contributed by atoms with Crippen LogP contribution >= 0.6 is 35.6 Å². The second kappa shape index (κ2) is 11.1. The molecule has 0 spiro atoms. The lowest BCUT2D eigenvalue weighted by atomic mass is 9.84. The largest absolute Gasteiger partial charge is 0.356 e. The molecule has 0 unspecified atom stereocenters. The maximum atomic E-state index is 13.2. The van der Waals surface area contributed by atoms with Gasteiger partial charge < -0.3 is 15.5 Å². The molecule has 0 bridgehead atoms. The molecule has 2 N–H and O–H groups in total. The highest BCUT2D eigenvalue weighted by Gasteiger charge is 2.24. The average molecular weight is 471 g/mol. The van der Waals surface area contributed by atoms with Crippen molar-refractivity contribution >= 4 is 41.5 Å². The van der Waals surface area contributed by atoms with Gasteiger partial charge in [0.15, 0.2) is 5.96 Å². The Labute approximate surface area is 167 Å². The molecule has 24 heavy (non-hydrogen) atoms. The predicted molar refractivity (Wildman–Crippen MR) is 112 cm³/mol. The monoisotopic (exact) mass is 470 g/mol. The normalized spacial score (nSPS) is 12.1. The number of nitrogens with one attached hydrogen (secondary N) is 2. The Bertz CT molecular complexity index is 535. The Balaban J connectivity index is 0.00000529. The number of nitrogens with zero attached hydrogens (tertiary/aromatic N) is 2. The standard InChI is InChI=1S/C17H28ClFN4.HI/c1-17(2,14-8-7-13(19)11-15(14)18)12-22-16(20-3)21-9-6-10-23(4)5;/h7-8,11H,6,9-10,12H2,1-5H3,(H2,20,21,22);1H. The van der Waals surface area contributed by atoms with Gasteiger partial charge in [-0.15, -0.1) is 24.0 Å². The van der Waals surface area contributed by atoms with Crippen molar-refractivity contribution in [2.24, 2.45) is 4.99 Å². The summed E-state index contributed by atoms with van der Waals surface area (Å²) >= 11 is 6.18. The molecule has 0 atom stereocenters. The van der Waals surface area contributed by atoms with Crippen LogP contribution in [0.3, 0.4) is 0 Å². The lowest BCUT2D eigenvalue weighted by molar-refractivity contribution is 0.399. The minimum atomic E-state index is -0.319. The van der Waals surface area contributed by atoms with Crippen molar-refractivity contribution in [2.45, 2.75) is 25.7 Å². The van der Waals surface area contributed by atoms with Crippen LogP contribution in [0.25, 0.3) is 0 Å². The molecule has 0 aromatic heterocycles. The SMILES string of the molecule is CN=C(NCCCN(C)C)NCC(C)(C)c1ccc(F)cc1Cl.I. The van der Waals surface area contributed by atoms with Gasteiger partial charge in [0.25, 0.3) is 0 Å². The Morgan fingerprint density at radius 2 is 1.96 bits per heavy atom. The molecule has 0 radical (unpaired) electrons. The number of hydrogen-bond donors (Lipinski definition) is 2. The average Bonchev–Trinajstić information content (AvgIpc) is 2.45. The second-order valence-corrected chi connectivity index (χ2v) is 6.92. The van der Waals surface area contributed by atoms with E-state index in [1.165, 1.54) is 12.1 Å². The van der Waals surface area contributed by atoms with Crippen molar-refractivity contribution < 1.29 is 4.39 Å². The molecule has 0 saturated carbocycles. The summed E-state index contributed by atoms with van der Waals surface area (Å²) in [6, 6.07) is 4.54. The topological polar surface area (TPSA) is 39.7 Å². The summed E-state index contributed by atoms with van der Waals surface area (Å²) in [6.07, 6.45) is 1.04. The summed E-state index contributed by atoms with van der Waals surface area (Å²) in [6.45, 7) is 6.67. The van der Waals surface area contributed by atoms with Crippen molar-refractivity contribution in [2.75, 3.05) is 40.8 Å². The number of hydrogen-bond acceptors (Lipinski definition) is 2. The van der Waals surface area contributed by atoms with Crippen LogP contribution in [-0.2, 0) is 5.41 Å². The molecular weight excluding hydrogens is 442 g/mol. The zero-order valence-electron chi connectivity index (χ0n) is 15.1. The first kappa shape index (κ1) is 23.4. The van der Waals surface area contributed by atoms with E-state index in [9.17, 15) is 4.39 Å². The van der Waals surface area contributed by atoms with Crippen molar-refractivity contribution in [1.29, 1.82) is 0 Å². The molecule has 0 fully saturated rings. The highest BCUT2D eigenvalue weighted by atomic mass is 127. The van der Waals surface area contributed by atoms with E-state index in [2.05, 4.69) is 48.5 Å². The zero-order chi connectivity index (χ0) is 17.5. The predicted octanol–water partition coefficient (Wildman–Crippen LogP) is 3.49. The zero-order valence-corrected chi connectivity index (χ0v) is 18.2. The Morgan fingerprint density at radius 3 is 2.50 bits per heavy atom. The number of guanidine groups is 1. The molecule has 1 rings (SSSR count). The van der Waals surface area contributed by atoms with E-state index in [0.29, 0.717) is 11.6 Å². The summed E-state index contributed by atoms with van der Waals surface area (Å²) in [7, 11) is 5.86. The van der Waals surface area contributed by atoms with E-state index in [4.69, 9.17) is 11.6 Å². The highest BCUT2D eigenvalue weighted by Crippen LogP contribution is 2.29. The van der Waals surface area contributed by atoms with Crippen molar-refractivity contribution in [3.05, 3.63) is 34.6 Å². The fourth-order valence-electron chi connectivity index (χ4n) is 2.26. The van der Waals surface area contributed by atoms with Gasteiger partial charge in [0.1, 0.15) is 5.82 Å². The number of aliphatic imine (C=N–C) groups is 1. The van der Waals surface area contributed by atoms with E-state index in [1.807, 2.05) is 0 Å². The third-order valence-electron chi connectivity index (χ3n) is 3.66. The van der Waals surface area contributed by atoms with Gasteiger partial charge in [0.05, 0.1) is 0 Å². The fraction of sp³-hybridized carbons (Fsp3) is 0.588. The molecule has 1 aromatic carbocycles. The van der Waals surface area contributed by atoms with Crippen LogP contribution in [0.4, 0.5) is 4.39 Å². The van der Waals surface area contributed by atoms with Gasteiger partial charge in [0, 0.05) is 30.6 Å². The van der Waals surface area contributed by atoms with Crippen LogP contribution in [0.5, 0.6) is 0 Å².